The lowest BCUT2D eigenvalue weighted by Crippen LogP contribution is -2.09. The largest absolute Gasteiger partial charge is 0.465 e. The van der Waals surface area contributed by atoms with Crippen LogP contribution in [0.3, 0.4) is 0 Å². The van der Waals surface area contributed by atoms with Crippen molar-refractivity contribution in [2.45, 2.75) is 17.4 Å². The highest BCUT2D eigenvalue weighted by molar-refractivity contribution is 9.10. The molecule has 1 atom stereocenters. The van der Waals surface area contributed by atoms with Gasteiger partial charge in [0.15, 0.2) is 0 Å². The molecule has 0 saturated carbocycles. The summed E-state index contributed by atoms with van der Waals surface area (Å²) in [6.45, 7) is 0.580. The summed E-state index contributed by atoms with van der Waals surface area (Å²) in [7, 11) is 0. The Morgan fingerprint density at radius 2 is 2.13 bits per heavy atom. The Hall–Kier alpha value is -0.480. The summed E-state index contributed by atoms with van der Waals surface area (Å²) in [5, 5.41) is 0.0358. The third-order valence-corrected chi connectivity index (χ3v) is 4.11. The summed E-state index contributed by atoms with van der Waals surface area (Å²) >= 11 is 5.05. The number of cyclic esters (lactones) is 1. The van der Waals surface area contributed by atoms with Crippen LogP contribution in [-0.2, 0) is 15.3 Å². The second-order valence-electron chi connectivity index (χ2n) is 3.38. The number of hydrogen-bond acceptors (Lipinski definition) is 3. The molecule has 1 saturated heterocycles. The SMILES string of the molecule is O=C1OCCC1SCc1ccc(Br)cc1. The van der Waals surface area contributed by atoms with Crippen molar-refractivity contribution in [3.63, 3.8) is 0 Å². The summed E-state index contributed by atoms with van der Waals surface area (Å²) in [6, 6.07) is 8.17. The van der Waals surface area contributed by atoms with Gasteiger partial charge in [0.05, 0.1) is 6.61 Å². The first-order chi connectivity index (χ1) is 7.25. The Balaban J connectivity index is 1.87. The molecule has 2 rings (SSSR count). The van der Waals surface area contributed by atoms with E-state index in [1.807, 2.05) is 12.1 Å². The van der Waals surface area contributed by atoms with Crippen molar-refractivity contribution >= 4 is 33.7 Å². The smallest absolute Gasteiger partial charge is 0.319 e. The van der Waals surface area contributed by atoms with Crippen molar-refractivity contribution in [1.82, 2.24) is 0 Å². The van der Waals surface area contributed by atoms with Crippen LogP contribution in [-0.4, -0.2) is 17.8 Å². The van der Waals surface area contributed by atoms with Crippen LogP contribution in [0.1, 0.15) is 12.0 Å². The van der Waals surface area contributed by atoms with E-state index < -0.39 is 0 Å². The van der Waals surface area contributed by atoms with Crippen molar-refractivity contribution in [3.05, 3.63) is 34.3 Å². The quantitative estimate of drug-likeness (QED) is 0.799. The topological polar surface area (TPSA) is 26.3 Å². The summed E-state index contributed by atoms with van der Waals surface area (Å²) in [5.41, 5.74) is 1.24. The van der Waals surface area contributed by atoms with E-state index in [1.54, 1.807) is 11.8 Å². The maximum absolute atomic E-state index is 11.2. The van der Waals surface area contributed by atoms with Crippen molar-refractivity contribution in [3.8, 4) is 0 Å². The van der Waals surface area contributed by atoms with Crippen molar-refractivity contribution in [1.29, 1.82) is 0 Å². The molecule has 0 N–H and O–H groups in total. The molecule has 0 bridgehead atoms. The van der Waals surface area contributed by atoms with E-state index in [4.69, 9.17) is 4.74 Å². The van der Waals surface area contributed by atoms with Gasteiger partial charge in [0, 0.05) is 16.6 Å². The number of halogens is 1. The molecule has 2 nitrogen and oxygen atoms in total. The van der Waals surface area contributed by atoms with Gasteiger partial charge in [-0.25, -0.2) is 0 Å². The molecule has 1 aliphatic heterocycles. The number of rotatable bonds is 3. The van der Waals surface area contributed by atoms with Crippen LogP contribution in [0.15, 0.2) is 28.7 Å². The molecule has 80 valence electrons. The third kappa shape index (κ3) is 2.98. The van der Waals surface area contributed by atoms with Gasteiger partial charge in [-0.05, 0) is 17.7 Å². The fourth-order valence-corrected chi connectivity index (χ4v) is 2.72. The molecule has 1 aromatic rings. The molecule has 1 fully saturated rings. The van der Waals surface area contributed by atoms with Gasteiger partial charge >= 0.3 is 5.97 Å². The Labute approximate surface area is 102 Å². The minimum Gasteiger partial charge on any atom is -0.465 e. The maximum Gasteiger partial charge on any atom is 0.319 e. The van der Waals surface area contributed by atoms with Gasteiger partial charge in [-0.1, -0.05) is 28.1 Å². The average molecular weight is 287 g/mol. The molecular formula is C11H11BrO2S. The van der Waals surface area contributed by atoms with Gasteiger partial charge in [-0.2, -0.15) is 0 Å². The number of thioether (sulfide) groups is 1. The van der Waals surface area contributed by atoms with Gasteiger partial charge in [0.25, 0.3) is 0 Å². The first-order valence-corrected chi connectivity index (χ1v) is 6.62. The van der Waals surface area contributed by atoms with Crippen molar-refractivity contribution in [2.24, 2.45) is 0 Å². The van der Waals surface area contributed by atoms with Gasteiger partial charge in [0.1, 0.15) is 5.25 Å². The molecule has 0 spiro atoms. The van der Waals surface area contributed by atoms with E-state index in [9.17, 15) is 4.79 Å². The number of carbonyl (C=O) groups excluding carboxylic acids is 1. The summed E-state index contributed by atoms with van der Waals surface area (Å²) in [4.78, 5) is 11.2. The molecule has 4 heteroatoms. The average Bonchev–Trinajstić information content (AvgIpc) is 2.63. The molecule has 0 radical (unpaired) electrons. The van der Waals surface area contributed by atoms with E-state index in [1.165, 1.54) is 5.56 Å². The zero-order chi connectivity index (χ0) is 10.7. The van der Waals surface area contributed by atoms with Gasteiger partial charge in [-0.15, -0.1) is 11.8 Å². The Bertz CT molecular complexity index is 350. The van der Waals surface area contributed by atoms with E-state index in [2.05, 4.69) is 28.1 Å². The first kappa shape index (κ1) is 11.0. The third-order valence-electron chi connectivity index (χ3n) is 2.25. The van der Waals surface area contributed by atoms with Crippen LogP contribution in [0, 0.1) is 0 Å². The minimum atomic E-state index is -0.0582. The summed E-state index contributed by atoms with van der Waals surface area (Å²) < 4.78 is 5.99. The molecule has 0 aliphatic carbocycles. The van der Waals surface area contributed by atoms with Crippen molar-refractivity contribution < 1.29 is 9.53 Å². The van der Waals surface area contributed by atoms with Gasteiger partial charge in [0.2, 0.25) is 0 Å². The predicted molar refractivity (Wildman–Crippen MR) is 64.8 cm³/mol. The number of benzene rings is 1. The molecule has 1 unspecified atom stereocenters. The molecule has 1 aliphatic rings. The lowest BCUT2D eigenvalue weighted by Gasteiger charge is -2.05. The Kier molecular flexibility index (Phi) is 3.70. The lowest BCUT2D eigenvalue weighted by atomic mass is 10.2. The maximum atomic E-state index is 11.2. The molecule has 0 amide bonds. The Morgan fingerprint density at radius 3 is 2.73 bits per heavy atom. The highest BCUT2D eigenvalue weighted by atomic mass is 79.9. The molecule has 0 aromatic heterocycles. The Morgan fingerprint density at radius 1 is 1.40 bits per heavy atom. The first-order valence-electron chi connectivity index (χ1n) is 4.78. The highest BCUT2D eigenvalue weighted by Crippen LogP contribution is 2.25. The van der Waals surface area contributed by atoms with E-state index in [0.717, 1.165) is 16.6 Å². The normalized spacial score (nSPS) is 20.3. The van der Waals surface area contributed by atoms with Crippen LogP contribution in [0.25, 0.3) is 0 Å². The molecule has 15 heavy (non-hydrogen) atoms. The number of hydrogen-bond donors (Lipinski definition) is 0. The van der Waals surface area contributed by atoms with E-state index in [-0.39, 0.29) is 11.2 Å². The van der Waals surface area contributed by atoms with Crippen LogP contribution < -0.4 is 0 Å². The minimum absolute atomic E-state index is 0.0358. The lowest BCUT2D eigenvalue weighted by molar-refractivity contribution is -0.137. The monoisotopic (exact) mass is 286 g/mol. The second kappa shape index (κ2) is 5.03. The summed E-state index contributed by atoms with van der Waals surface area (Å²) in [5.74, 6) is 0.810. The fourth-order valence-electron chi connectivity index (χ4n) is 1.41. The standard InChI is InChI=1S/C11H11BrO2S/c12-9-3-1-8(2-4-9)7-15-10-5-6-14-11(10)13/h1-4,10H,5-7H2. The zero-order valence-electron chi connectivity index (χ0n) is 8.11. The van der Waals surface area contributed by atoms with E-state index >= 15 is 0 Å². The number of ether oxygens (including phenoxy) is 1. The number of carbonyl (C=O) groups is 1. The van der Waals surface area contributed by atoms with Gasteiger partial charge in [-0.3, -0.25) is 4.79 Å². The van der Waals surface area contributed by atoms with Crippen LogP contribution in [0.5, 0.6) is 0 Å². The highest BCUT2D eigenvalue weighted by Gasteiger charge is 2.26. The molecule has 1 aromatic carbocycles. The zero-order valence-corrected chi connectivity index (χ0v) is 10.5. The molecule has 1 heterocycles. The van der Waals surface area contributed by atoms with Crippen LogP contribution >= 0.6 is 27.7 Å². The van der Waals surface area contributed by atoms with E-state index in [0.29, 0.717) is 6.61 Å². The predicted octanol–water partition coefficient (Wildman–Crippen LogP) is 3.00. The van der Waals surface area contributed by atoms with Crippen molar-refractivity contribution in [2.75, 3.05) is 6.61 Å². The molecular weight excluding hydrogens is 276 g/mol. The second-order valence-corrected chi connectivity index (χ2v) is 5.49. The number of esters is 1. The summed E-state index contributed by atoms with van der Waals surface area (Å²) in [6.07, 6.45) is 0.847. The fraction of sp³-hybridized carbons (Fsp3) is 0.364. The van der Waals surface area contributed by atoms with Crippen LogP contribution in [0.2, 0.25) is 0 Å². The van der Waals surface area contributed by atoms with Crippen LogP contribution in [0.4, 0.5) is 0 Å². The van der Waals surface area contributed by atoms with Gasteiger partial charge < -0.3 is 4.74 Å².